The van der Waals surface area contributed by atoms with Crippen LogP contribution in [0.2, 0.25) is 0 Å². The van der Waals surface area contributed by atoms with Crippen LogP contribution < -0.4 is 11.1 Å². The lowest BCUT2D eigenvalue weighted by Gasteiger charge is -2.11. The predicted molar refractivity (Wildman–Crippen MR) is 72.8 cm³/mol. The molecule has 90 valence electrons. The van der Waals surface area contributed by atoms with Gasteiger partial charge in [0.1, 0.15) is 4.99 Å². The maximum atomic E-state index is 11.9. The van der Waals surface area contributed by atoms with E-state index in [4.69, 9.17) is 18.0 Å². The molecule has 0 aromatic heterocycles. The van der Waals surface area contributed by atoms with Gasteiger partial charge in [0, 0.05) is 17.2 Å². The van der Waals surface area contributed by atoms with Gasteiger partial charge in [0.2, 0.25) is 5.91 Å². The number of hydrogen-bond donors (Lipinski definition) is 2. The lowest BCUT2D eigenvalue weighted by molar-refractivity contribution is -0.119. The average Bonchev–Trinajstić information content (AvgIpc) is 3.12. The molecule has 1 aliphatic rings. The van der Waals surface area contributed by atoms with Gasteiger partial charge in [-0.1, -0.05) is 31.3 Å². The molecule has 0 aliphatic heterocycles. The smallest absolute Gasteiger partial charge is 0.227 e. The van der Waals surface area contributed by atoms with E-state index < -0.39 is 0 Å². The van der Waals surface area contributed by atoms with E-state index in [9.17, 15) is 4.79 Å². The van der Waals surface area contributed by atoms with E-state index in [2.05, 4.69) is 5.32 Å². The van der Waals surface area contributed by atoms with E-state index in [1.165, 1.54) is 12.8 Å². The minimum absolute atomic E-state index is 0.0765. The summed E-state index contributed by atoms with van der Waals surface area (Å²) in [6, 6.07) is 7.33. The van der Waals surface area contributed by atoms with Gasteiger partial charge < -0.3 is 11.1 Å². The van der Waals surface area contributed by atoms with Crippen molar-refractivity contribution in [3.05, 3.63) is 29.8 Å². The summed E-state index contributed by atoms with van der Waals surface area (Å²) in [6.07, 6.45) is 2.34. The number of rotatable bonds is 4. The Morgan fingerprint density at radius 2 is 2.24 bits per heavy atom. The van der Waals surface area contributed by atoms with Crippen molar-refractivity contribution < 1.29 is 4.79 Å². The van der Waals surface area contributed by atoms with Crippen molar-refractivity contribution >= 4 is 28.8 Å². The van der Waals surface area contributed by atoms with Crippen LogP contribution >= 0.6 is 12.2 Å². The summed E-state index contributed by atoms with van der Waals surface area (Å²) < 4.78 is 0. The number of thiocarbonyl (C=S) groups is 1. The number of carbonyl (C=O) groups excluding carboxylic acids is 1. The molecule has 4 heteroatoms. The van der Waals surface area contributed by atoms with Crippen molar-refractivity contribution in [3.8, 4) is 0 Å². The third kappa shape index (κ3) is 3.03. The van der Waals surface area contributed by atoms with Gasteiger partial charge in [-0.3, -0.25) is 4.79 Å². The first-order valence-electron chi connectivity index (χ1n) is 5.78. The molecule has 1 amide bonds. The highest BCUT2D eigenvalue weighted by molar-refractivity contribution is 7.80. The quantitative estimate of drug-likeness (QED) is 0.804. The van der Waals surface area contributed by atoms with Gasteiger partial charge in [0.25, 0.3) is 0 Å². The molecule has 3 N–H and O–H groups in total. The van der Waals surface area contributed by atoms with E-state index in [0.717, 1.165) is 11.3 Å². The van der Waals surface area contributed by atoms with Gasteiger partial charge in [-0.15, -0.1) is 0 Å². The first-order valence-corrected chi connectivity index (χ1v) is 6.19. The summed E-state index contributed by atoms with van der Waals surface area (Å²) in [6.45, 7) is 1.98. The molecule has 2 rings (SSSR count). The third-order valence-corrected chi connectivity index (χ3v) is 3.39. The third-order valence-electron chi connectivity index (χ3n) is 3.16. The van der Waals surface area contributed by atoms with E-state index >= 15 is 0 Å². The molecule has 0 heterocycles. The molecular weight excluding hydrogens is 232 g/mol. The van der Waals surface area contributed by atoms with Gasteiger partial charge in [0.05, 0.1) is 0 Å². The largest absolute Gasteiger partial charge is 0.389 e. The van der Waals surface area contributed by atoms with E-state index in [-0.39, 0.29) is 11.8 Å². The number of hydrogen-bond acceptors (Lipinski definition) is 2. The minimum atomic E-state index is 0.0765. The Hall–Kier alpha value is -1.42. The van der Waals surface area contributed by atoms with Gasteiger partial charge in [-0.05, 0) is 30.9 Å². The molecule has 1 aromatic carbocycles. The molecule has 1 aliphatic carbocycles. The minimum Gasteiger partial charge on any atom is -0.389 e. The monoisotopic (exact) mass is 248 g/mol. The fourth-order valence-corrected chi connectivity index (χ4v) is 1.94. The number of anilines is 1. The van der Waals surface area contributed by atoms with E-state index in [0.29, 0.717) is 10.9 Å². The zero-order chi connectivity index (χ0) is 12.4. The second-order valence-corrected chi connectivity index (χ2v) is 5.00. The van der Waals surface area contributed by atoms with Crippen LogP contribution in [0, 0.1) is 11.8 Å². The second kappa shape index (κ2) is 4.84. The lowest BCUT2D eigenvalue weighted by Crippen LogP contribution is -2.22. The molecule has 0 saturated heterocycles. The lowest BCUT2D eigenvalue weighted by atomic mass is 10.1. The summed E-state index contributed by atoms with van der Waals surface area (Å²) in [7, 11) is 0. The van der Waals surface area contributed by atoms with Crippen molar-refractivity contribution in [2.45, 2.75) is 19.8 Å². The summed E-state index contributed by atoms with van der Waals surface area (Å²) in [5.41, 5.74) is 7.08. The van der Waals surface area contributed by atoms with E-state index in [1.807, 2.05) is 25.1 Å². The number of carbonyl (C=O) groups is 1. The molecule has 1 fully saturated rings. The van der Waals surface area contributed by atoms with Gasteiger partial charge in [-0.2, -0.15) is 0 Å². The van der Waals surface area contributed by atoms with Crippen molar-refractivity contribution in [2.75, 3.05) is 5.32 Å². The first-order chi connectivity index (χ1) is 8.08. The first kappa shape index (κ1) is 12.0. The van der Waals surface area contributed by atoms with Crippen LogP contribution in [0.15, 0.2) is 24.3 Å². The Kier molecular flexibility index (Phi) is 3.43. The van der Waals surface area contributed by atoms with Crippen LogP contribution in [0.5, 0.6) is 0 Å². The second-order valence-electron chi connectivity index (χ2n) is 4.56. The van der Waals surface area contributed by atoms with Crippen LogP contribution in [-0.4, -0.2) is 10.9 Å². The highest BCUT2D eigenvalue weighted by atomic mass is 32.1. The van der Waals surface area contributed by atoms with Gasteiger partial charge in [0.15, 0.2) is 0 Å². The van der Waals surface area contributed by atoms with Crippen LogP contribution in [0.1, 0.15) is 25.3 Å². The number of nitrogens with one attached hydrogen (secondary N) is 1. The molecule has 1 atom stereocenters. The number of nitrogens with two attached hydrogens (primary N) is 1. The number of amides is 1. The van der Waals surface area contributed by atoms with E-state index in [1.54, 1.807) is 6.07 Å². The molecule has 1 saturated carbocycles. The van der Waals surface area contributed by atoms with Crippen LogP contribution in [0.25, 0.3) is 0 Å². The highest BCUT2D eigenvalue weighted by Gasteiger charge is 2.32. The normalized spacial score (nSPS) is 16.3. The zero-order valence-corrected chi connectivity index (χ0v) is 10.6. The average molecular weight is 248 g/mol. The molecule has 0 spiro atoms. The molecular formula is C13H16N2OS. The molecule has 1 aromatic rings. The van der Waals surface area contributed by atoms with Gasteiger partial charge >= 0.3 is 0 Å². The topological polar surface area (TPSA) is 55.1 Å². The van der Waals surface area contributed by atoms with Crippen LogP contribution in [-0.2, 0) is 4.79 Å². The maximum absolute atomic E-state index is 11.9. The number of benzene rings is 1. The molecule has 1 unspecified atom stereocenters. The summed E-state index contributed by atoms with van der Waals surface area (Å²) >= 11 is 4.90. The predicted octanol–water partition coefficient (Wildman–Crippen LogP) is 2.31. The molecule has 17 heavy (non-hydrogen) atoms. The summed E-state index contributed by atoms with van der Waals surface area (Å²) in [5.74, 6) is 0.727. The summed E-state index contributed by atoms with van der Waals surface area (Å²) in [5, 5.41) is 2.90. The fourth-order valence-electron chi connectivity index (χ4n) is 1.82. The van der Waals surface area contributed by atoms with Gasteiger partial charge in [-0.25, -0.2) is 0 Å². The highest BCUT2D eigenvalue weighted by Crippen LogP contribution is 2.37. The Balaban J connectivity index is 2.04. The Morgan fingerprint density at radius 3 is 2.82 bits per heavy atom. The molecule has 0 radical (unpaired) electrons. The van der Waals surface area contributed by atoms with Crippen molar-refractivity contribution in [2.24, 2.45) is 17.6 Å². The maximum Gasteiger partial charge on any atom is 0.227 e. The van der Waals surface area contributed by atoms with Crippen LogP contribution in [0.3, 0.4) is 0 Å². The SMILES string of the molecule is CC(C(=O)Nc1cccc(C(N)=S)c1)C1CC1. The Labute approximate surface area is 106 Å². The Morgan fingerprint density at radius 1 is 1.53 bits per heavy atom. The molecule has 0 bridgehead atoms. The standard InChI is InChI=1S/C13H16N2OS/c1-8(9-5-6-9)13(16)15-11-4-2-3-10(7-11)12(14)17/h2-4,7-9H,5-6H2,1H3,(H2,14,17)(H,15,16). The molecule has 3 nitrogen and oxygen atoms in total. The zero-order valence-electron chi connectivity index (χ0n) is 9.77. The summed E-state index contributed by atoms with van der Waals surface area (Å²) in [4.78, 5) is 12.2. The Bertz CT molecular complexity index is 454. The van der Waals surface area contributed by atoms with Crippen LogP contribution in [0.4, 0.5) is 5.69 Å². The van der Waals surface area contributed by atoms with Crippen molar-refractivity contribution in [1.82, 2.24) is 0 Å². The fraction of sp³-hybridized carbons (Fsp3) is 0.385. The van der Waals surface area contributed by atoms with Crippen molar-refractivity contribution in [1.29, 1.82) is 0 Å². The van der Waals surface area contributed by atoms with Crippen molar-refractivity contribution in [3.63, 3.8) is 0 Å².